The van der Waals surface area contributed by atoms with Gasteiger partial charge < -0.3 is 9.47 Å². The zero-order valence-corrected chi connectivity index (χ0v) is 14.0. The van der Waals surface area contributed by atoms with Crippen molar-refractivity contribution in [2.24, 2.45) is 4.99 Å². The maximum atomic E-state index is 12.1. The Morgan fingerprint density at radius 3 is 2.50 bits per heavy atom. The van der Waals surface area contributed by atoms with E-state index in [2.05, 4.69) is 27.4 Å². The topological polar surface area (TPSA) is 60.8 Å². The number of rotatable bonds is 5. The predicted octanol–water partition coefficient (Wildman–Crippen LogP) is 3.55. The Morgan fingerprint density at radius 2 is 1.92 bits per heavy atom. The molecule has 122 valence electrons. The lowest BCUT2D eigenvalue weighted by Gasteiger charge is -2.30. The van der Waals surface area contributed by atoms with Crippen molar-refractivity contribution in [3.8, 4) is 16.9 Å². The van der Waals surface area contributed by atoms with Crippen LogP contribution in [0.2, 0.25) is 0 Å². The lowest BCUT2D eigenvalue weighted by Crippen LogP contribution is -2.36. The van der Waals surface area contributed by atoms with Crippen molar-refractivity contribution in [1.82, 2.24) is 4.98 Å². The van der Waals surface area contributed by atoms with Gasteiger partial charge in [-0.05, 0) is 36.0 Å². The van der Waals surface area contributed by atoms with Crippen LogP contribution >= 0.6 is 12.2 Å². The van der Waals surface area contributed by atoms with Crippen molar-refractivity contribution in [2.45, 2.75) is 25.0 Å². The highest BCUT2D eigenvalue weighted by Crippen LogP contribution is 2.27. The predicted molar refractivity (Wildman–Crippen MR) is 93.5 cm³/mol. The molecule has 0 atom stereocenters. The Bertz CT molecular complexity index is 762. The number of aliphatic imine (C=N–C) groups is 1. The number of nitrogens with zero attached hydrogens (tertiary/aromatic N) is 2. The summed E-state index contributed by atoms with van der Waals surface area (Å²) in [6.07, 6.45) is 2.94. The number of carbonyl (C=O) groups excluding carboxylic acids is 1. The molecule has 1 aromatic carbocycles. The first-order valence-corrected chi connectivity index (χ1v) is 7.99. The van der Waals surface area contributed by atoms with E-state index in [1.54, 1.807) is 19.4 Å². The fraction of sp³-hybridized carbons (Fsp3) is 0.278. The third-order valence-corrected chi connectivity index (χ3v) is 4.08. The zero-order chi connectivity index (χ0) is 16.9. The van der Waals surface area contributed by atoms with E-state index in [-0.39, 0.29) is 12.1 Å². The quantitative estimate of drug-likeness (QED) is 0.473. The summed E-state index contributed by atoms with van der Waals surface area (Å²) in [6, 6.07) is 11.3. The average molecular weight is 340 g/mol. The molecule has 6 heteroatoms. The second-order valence-corrected chi connectivity index (χ2v) is 5.72. The number of thiocarbonyl (C=S) groups is 1. The Hall–Kier alpha value is -2.56. The molecule has 0 N–H and O–H groups in total. The highest BCUT2D eigenvalue weighted by Gasteiger charge is 2.32. The minimum atomic E-state index is -0.411. The van der Waals surface area contributed by atoms with E-state index in [0.717, 1.165) is 16.9 Å². The summed E-state index contributed by atoms with van der Waals surface area (Å²) in [7, 11) is 1.63. The molecule has 0 amide bonds. The molecule has 24 heavy (non-hydrogen) atoms. The smallest absolute Gasteiger partial charge is 0.357 e. The molecule has 3 rings (SSSR count). The summed E-state index contributed by atoms with van der Waals surface area (Å²) < 4.78 is 10.5. The molecule has 1 fully saturated rings. The molecule has 1 aliphatic carbocycles. The van der Waals surface area contributed by atoms with Crippen molar-refractivity contribution in [3.63, 3.8) is 0 Å². The van der Waals surface area contributed by atoms with Crippen molar-refractivity contribution in [2.75, 3.05) is 7.11 Å². The van der Waals surface area contributed by atoms with E-state index in [4.69, 9.17) is 9.47 Å². The number of isothiocyanates is 1. The van der Waals surface area contributed by atoms with Crippen molar-refractivity contribution < 1.29 is 14.3 Å². The number of hydrogen-bond acceptors (Lipinski definition) is 6. The fourth-order valence-electron chi connectivity index (χ4n) is 2.49. The van der Waals surface area contributed by atoms with Crippen molar-refractivity contribution >= 4 is 23.3 Å². The number of ether oxygens (including phenoxy) is 2. The summed E-state index contributed by atoms with van der Waals surface area (Å²) in [5, 5.41) is 2.35. The van der Waals surface area contributed by atoms with Crippen LogP contribution in [0.5, 0.6) is 5.75 Å². The molecular weight excluding hydrogens is 324 g/mol. The second kappa shape index (κ2) is 7.34. The average Bonchev–Trinajstić information content (AvgIpc) is 2.60. The fourth-order valence-corrected chi connectivity index (χ4v) is 2.64. The van der Waals surface area contributed by atoms with Gasteiger partial charge in [0.05, 0.1) is 18.3 Å². The third-order valence-electron chi connectivity index (χ3n) is 3.97. The third kappa shape index (κ3) is 3.67. The number of pyridine rings is 1. The lowest BCUT2D eigenvalue weighted by atomic mass is 9.90. The molecular formula is C18H16N2O3S. The molecule has 0 bridgehead atoms. The summed E-state index contributed by atoms with van der Waals surface area (Å²) in [6.45, 7) is 0. The number of hydrogen-bond donors (Lipinski definition) is 0. The van der Waals surface area contributed by atoms with Gasteiger partial charge in [-0.25, -0.2) is 14.8 Å². The summed E-state index contributed by atoms with van der Waals surface area (Å²) in [4.78, 5) is 20.2. The first kappa shape index (κ1) is 16.3. The Balaban J connectivity index is 1.61. The highest BCUT2D eigenvalue weighted by molar-refractivity contribution is 7.78. The van der Waals surface area contributed by atoms with Crippen LogP contribution in [-0.4, -0.2) is 35.4 Å². The Kier molecular flexibility index (Phi) is 4.99. The number of esters is 1. The van der Waals surface area contributed by atoms with E-state index in [1.165, 1.54) is 0 Å². The van der Waals surface area contributed by atoms with Crippen LogP contribution < -0.4 is 4.74 Å². The van der Waals surface area contributed by atoms with Crippen molar-refractivity contribution in [3.05, 3.63) is 48.3 Å². The van der Waals surface area contributed by atoms with Crippen LogP contribution in [0.4, 0.5) is 0 Å². The van der Waals surface area contributed by atoms with Gasteiger partial charge in [0.15, 0.2) is 0 Å². The van der Waals surface area contributed by atoms with Crippen LogP contribution in [0.15, 0.2) is 47.6 Å². The summed E-state index contributed by atoms with van der Waals surface area (Å²) >= 11 is 4.56. The molecule has 1 aromatic heterocycles. The molecule has 0 saturated heterocycles. The molecule has 0 aliphatic heterocycles. The molecule has 5 nitrogen and oxygen atoms in total. The van der Waals surface area contributed by atoms with Crippen LogP contribution in [0.3, 0.4) is 0 Å². The van der Waals surface area contributed by atoms with Crippen molar-refractivity contribution in [1.29, 1.82) is 0 Å². The number of carbonyl (C=O) groups is 1. The van der Waals surface area contributed by atoms with Gasteiger partial charge in [-0.2, -0.15) is 0 Å². The van der Waals surface area contributed by atoms with Crippen LogP contribution in [0, 0.1) is 0 Å². The molecule has 1 saturated carbocycles. The van der Waals surface area contributed by atoms with Gasteiger partial charge in [0.1, 0.15) is 17.5 Å². The monoisotopic (exact) mass is 340 g/mol. The maximum Gasteiger partial charge on any atom is 0.357 e. The van der Waals surface area contributed by atoms with E-state index in [9.17, 15) is 4.79 Å². The van der Waals surface area contributed by atoms with Gasteiger partial charge in [0.25, 0.3) is 0 Å². The molecule has 0 spiro atoms. The minimum absolute atomic E-state index is 0.113. The Labute approximate surface area is 145 Å². The lowest BCUT2D eigenvalue weighted by molar-refractivity contribution is 0.00299. The first-order chi connectivity index (χ1) is 11.7. The maximum absolute atomic E-state index is 12.1. The van der Waals surface area contributed by atoms with Crippen LogP contribution in [0.25, 0.3) is 11.1 Å². The van der Waals surface area contributed by atoms with E-state index in [0.29, 0.717) is 18.5 Å². The molecule has 0 unspecified atom stereocenters. The van der Waals surface area contributed by atoms with E-state index >= 15 is 0 Å². The molecule has 0 radical (unpaired) electrons. The van der Waals surface area contributed by atoms with Crippen LogP contribution in [-0.2, 0) is 4.74 Å². The van der Waals surface area contributed by atoms with Gasteiger partial charge in [-0.15, -0.1) is 0 Å². The standard InChI is InChI=1S/C18H16N2O3S/c1-22-15-5-2-12(3-6-15)13-4-7-17(19-10-13)18(21)23-16-8-14(9-16)20-11-24/h2-7,10,14,16H,8-9H2,1H3/t14-,16+. The number of methoxy groups -OCH3 is 1. The normalized spacial score (nSPS) is 18.9. The molecule has 1 aliphatic rings. The first-order valence-electron chi connectivity index (χ1n) is 7.58. The second-order valence-electron chi connectivity index (χ2n) is 5.53. The molecule has 2 aromatic rings. The van der Waals surface area contributed by atoms with Crippen LogP contribution in [0.1, 0.15) is 23.3 Å². The number of aromatic nitrogens is 1. The van der Waals surface area contributed by atoms with E-state index in [1.807, 2.05) is 30.3 Å². The number of benzene rings is 1. The van der Waals surface area contributed by atoms with E-state index < -0.39 is 5.97 Å². The summed E-state index contributed by atoms with van der Waals surface area (Å²) in [5.74, 6) is 0.384. The van der Waals surface area contributed by atoms with Gasteiger partial charge in [0, 0.05) is 24.6 Å². The van der Waals surface area contributed by atoms with Gasteiger partial charge in [-0.3, -0.25) is 0 Å². The van der Waals surface area contributed by atoms with Gasteiger partial charge in [-0.1, -0.05) is 18.2 Å². The van der Waals surface area contributed by atoms with Gasteiger partial charge >= 0.3 is 5.97 Å². The zero-order valence-electron chi connectivity index (χ0n) is 13.1. The van der Waals surface area contributed by atoms with Gasteiger partial charge in [0.2, 0.25) is 0 Å². The highest BCUT2D eigenvalue weighted by atomic mass is 32.1. The SMILES string of the molecule is COc1ccc(-c2ccc(C(=O)O[C@H]3C[C@@H](N=C=S)C3)nc2)cc1. The molecule has 1 heterocycles. The minimum Gasteiger partial charge on any atom is -0.497 e. The Morgan fingerprint density at radius 1 is 1.21 bits per heavy atom. The largest absolute Gasteiger partial charge is 0.497 e. The summed E-state index contributed by atoms with van der Waals surface area (Å²) in [5.41, 5.74) is 2.23.